The van der Waals surface area contributed by atoms with E-state index in [1.165, 1.54) is 11.3 Å². The van der Waals surface area contributed by atoms with Crippen molar-refractivity contribution < 1.29 is 4.79 Å². The number of hydrogen-bond acceptors (Lipinski definition) is 4. The van der Waals surface area contributed by atoms with Gasteiger partial charge in [-0.1, -0.05) is 46.9 Å². The lowest BCUT2D eigenvalue weighted by atomic mass is 10.1. The molecule has 1 amide bonds. The molecule has 0 radical (unpaired) electrons. The lowest BCUT2D eigenvalue weighted by molar-refractivity contribution is 0.103. The predicted molar refractivity (Wildman–Crippen MR) is 119 cm³/mol. The van der Waals surface area contributed by atoms with E-state index in [-0.39, 0.29) is 5.91 Å². The van der Waals surface area contributed by atoms with Crippen molar-refractivity contribution in [3.8, 4) is 11.3 Å². The topological polar surface area (TPSA) is 68.0 Å². The Bertz CT molecular complexity index is 1210. The van der Waals surface area contributed by atoms with Crippen molar-refractivity contribution in [1.82, 2.24) is 4.98 Å². The number of anilines is 2. The molecule has 0 aliphatic carbocycles. The second-order valence-corrected chi connectivity index (χ2v) is 8.23. The molecule has 0 fully saturated rings. The van der Waals surface area contributed by atoms with Crippen molar-refractivity contribution in [2.45, 2.75) is 0 Å². The molecule has 4 aromatic rings. The summed E-state index contributed by atoms with van der Waals surface area (Å²) in [4.78, 5) is 18.4. The fraction of sp³-hybridized carbons (Fsp3) is 0. The molecule has 0 unspecified atom stereocenters. The van der Waals surface area contributed by atoms with Crippen LogP contribution in [0, 0.1) is 0 Å². The Morgan fingerprint density at radius 1 is 0.964 bits per heavy atom. The number of carbonyl (C=O) groups excluding carboxylic acids is 1. The second kappa shape index (κ2) is 7.60. The number of pyridine rings is 1. The Hall–Kier alpha value is -2.31. The van der Waals surface area contributed by atoms with Crippen molar-refractivity contribution >= 4 is 73.6 Å². The molecule has 8 heteroatoms. The highest BCUT2D eigenvalue weighted by Crippen LogP contribution is 2.35. The summed E-state index contributed by atoms with van der Waals surface area (Å²) in [7, 11) is 0. The minimum Gasteiger partial charge on any atom is -0.397 e. The third-order valence-corrected chi connectivity index (χ3v) is 6.22. The number of fused-ring (bicyclic) bond motifs is 1. The van der Waals surface area contributed by atoms with Crippen LogP contribution in [0.1, 0.15) is 9.67 Å². The molecule has 0 aliphatic heterocycles. The summed E-state index contributed by atoms with van der Waals surface area (Å²) >= 11 is 19.1. The zero-order valence-corrected chi connectivity index (χ0v) is 17.3. The van der Waals surface area contributed by atoms with Crippen LogP contribution in [0.2, 0.25) is 15.1 Å². The van der Waals surface area contributed by atoms with Crippen LogP contribution in [0.3, 0.4) is 0 Å². The summed E-state index contributed by atoms with van der Waals surface area (Å²) in [6.45, 7) is 0. The average Bonchev–Trinajstić information content (AvgIpc) is 3.01. The molecule has 3 N–H and O–H groups in total. The fourth-order valence-electron chi connectivity index (χ4n) is 2.71. The van der Waals surface area contributed by atoms with Crippen LogP contribution in [0.5, 0.6) is 0 Å². The normalized spacial score (nSPS) is 11.0. The first-order valence-electron chi connectivity index (χ1n) is 8.14. The van der Waals surface area contributed by atoms with Gasteiger partial charge in [-0.2, -0.15) is 0 Å². The molecule has 4 rings (SSSR count). The van der Waals surface area contributed by atoms with E-state index in [1.54, 1.807) is 18.2 Å². The van der Waals surface area contributed by atoms with Crippen LogP contribution in [-0.2, 0) is 0 Å². The lowest BCUT2D eigenvalue weighted by Crippen LogP contribution is -2.11. The molecule has 28 heavy (non-hydrogen) atoms. The van der Waals surface area contributed by atoms with Gasteiger partial charge in [0.25, 0.3) is 5.91 Å². The largest absolute Gasteiger partial charge is 0.397 e. The smallest absolute Gasteiger partial charge is 0.267 e. The molecule has 4 nitrogen and oxygen atoms in total. The minimum absolute atomic E-state index is 0.327. The van der Waals surface area contributed by atoms with Crippen LogP contribution in [0.15, 0.2) is 54.6 Å². The molecule has 0 spiro atoms. The third kappa shape index (κ3) is 3.66. The molecule has 140 valence electrons. The Morgan fingerprint density at radius 2 is 1.71 bits per heavy atom. The van der Waals surface area contributed by atoms with E-state index in [0.717, 1.165) is 16.6 Å². The number of hydrogen-bond donors (Lipinski definition) is 2. The maximum Gasteiger partial charge on any atom is 0.267 e. The molecule has 0 saturated carbocycles. The highest BCUT2D eigenvalue weighted by atomic mass is 35.5. The Morgan fingerprint density at radius 3 is 2.43 bits per heavy atom. The molecule has 0 aliphatic rings. The monoisotopic (exact) mass is 447 g/mol. The van der Waals surface area contributed by atoms with E-state index in [4.69, 9.17) is 40.5 Å². The number of amides is 1. The van der Waals surface area contributed by atoms with Gasteiger partial charge in [0.1, 0.15) is 9.71 Å². The summed E-state index contributed by atoms with van der Waals surface area (Å²) in [5, 5.41) is 4.96. The fourth-order valence-corrected chi connectivity index (χ4v) is 4.12. The number of nitrogens with zero attached hydrogens (tertiary/aromatic N) is 1. The van der Waals surface area contributed by atoms with E-state index >= 15 is 0 Å². The standard InChI is InChI=1S/C20H12Cl3N3OS/c21-11-3-1-10(2-4-11)16-8-6-13-17(24)18(28-20(13)26-16)19(27)25-12-5-7-14(22)15(23)9-12/h1-9H,24H2,(H,25,27). The molecule has 0 bridgehead atoms. The summed E-state index contributed by atoms with van der Waals surface area (Å²) in [5.74, 6) is -0.327. The molecule has 2 aromatic heterocycles. The quantitative estimate of drug-likeness (QED) is 0.364. The van der Waals surface area contributed by atoms with E-state index in [9.17, 15) is 4.79 Å². The molecular formula is C20H12Cl3N3OS. The number of aromatic nitrogens is 1. The first kappa shape index (κ1) is 19.0. The van der Waals surface area contributed by atoms with Crippen molar-refractivity contribution in [2.75, 3.05) is 11.1 Å². The summed E-state index contributed by atoms with van der Waals surface area (Å²) in [6.07, 6.45) is 0. The molecule has 0 saturated heterocycles. The predicted octanol–water partition coefficient (Wildman–Crippen LogP) is 6.76. The number of nitrogens with two attached hydrogens (primary N) is 1. The Labute approximate surface area is 179 Å². The van der Waals surface area contributed by atoms with E-state index in [2.05, 4.69) is 10.3 Å². The molecule has 0 atom stereocenters. The third-order valence-electron chi connectivity index (χ3n) is 4.12. The maximum absolute atomic E-state index is 12.7. The Balaban J connectivity index is 1.67. The number of nitrogens with one attached hydrogen (secondary N) is 1. The van der Waals surface area contributed by atoms with Gasteiger partial charge in [-0.05, 0) is 42.5 Å². The number of benzene rings is 2. The number of carbonyl (C=O) groups is 1. The van der Waals surface area contributed by atoms with E-state index in [0.29, 0.717) is 36.2 Å². The summed E-state index contributed by atoms with van der Waals surface area (Å²) < 4.78 is 0. The zero-order chi connectivity index (χ0) is 19.8. The number of rotatable bonds is 3. The first-order chi connectivity index (χ1) is 13.4. The molecule has 2 heterocycles. The highest BCUT2D eigenvalue weighted by Gasteiger charge is 2.18. The Kier molecular flexibility index (Phi) is 5.17. The first-order valence-corrected chi connectivity index (χ1v) is 10.1. The number of thiophene rings is 1. The lowest BCUT2D eigenvalue weighted by Gasteiger charge is -2.05. The van der Waals surface area contributed by atoms with E-state index in [1.807, 2.05) is 36.4 Å². The van der Waals surface area contributed by atoms with Crippen molar-refractivity contribution in [1.29, 1.82) is 0 Å². The van der Waals surface area contributed by atoms with E-state index < -0.39 is 0 Å². The average molecular weight is 449 g/mol. The summed E-state index contributed by atoms with van der Waals surface area (Å²) in [5.41, 5.74) is 8.84. The van der Waals surface area contributed by atoms with Crippen LogP contribution in [-0.4, -0.2) is 10.9 Å². The number of nitrogen functional groups attached to an aromatic ring is 1. The van der Waals surface area contributed by atoms with Gasteiger partial charge < -0.3 is 11.1 Å². The van der Waals surface area contributed by atoms with Gasteiger partial charge in [0.2, 0.25) is 0 Å². The zero-order valence-electron chi connectivity index (χ0n) is 14.2. The van der Waals surface area contributed by atoms with Crippen LogP contribution in [0.4, 0.5) is 11.4 Å². The van der Waals surface area contributed by atoms with Crippen LogP contribution >= 0.6 is 46.1 Å². The maximum atomic E-state index is 12.7. The van der Waals surface area contributed by atoms with Crippen LogP contribution in [0.25, 0.3) is 21.5 Å². The van der Waals surface area contributed by atoms with Crippen molar-refractivity contribution in [3.63, 3.8) is 0 Å². The van der Waals surface area contributed by atoms with Gasteiger partial charge in [0, 0.05) is 21.7 Å². The van der Waals surface area contributed by atoms with Gasteiger partial charge in [-0.15, -0.1) is 11.3 Å². The van der Waals surface area contributed by atoms with Crippen LogP contribution < -0.4 is 11.1 Å². The van der Waals surface area contributed by atoms with Crippen molar-refractivity contribution in [3.05, 3.63) is 74.5 Å². The minimum atomic E-state index is -0.327. The molecule has 2 aromatic carbocycles. The van der Waals surface area contributed by atoms with Crippen molar-refractivity contribution in [2.24, 2.45) is 0 Å². The number of halogens is 3. The van der Waals surface area contributed by atoms with Gasteiger partial charge in [-0.25, -0.2) is 4.98 Å². The van der Waals surface area contributed by atoms with Gasteiger partial charge >= 0.3 is 0 Å². The highest BCUT2D eigenvalue weighted by molar-refractivity contribution is 7.21. The molecular weight excluding hydrogens is 437 g/mol. The summed E-state index contributed by atoms with van der Waals surface area (Å²) in [6, 6.07) is 16.0. The second-order valence-electron chi connectivity index (χ2n) is 5.98. The van der Waals surface area contributed by atoms with Gasteiger partial charge in [0.15, 0.2) is 0 Å². The SMILES string of the molecule is Nc1c(C(=O)Nc2ccc(Cl)c(Cl)c2)sc2nc(-c3ccc(Cl)cc3)ccc12. The van der Waals surface area contributed by atoms with Gasteiger partial charge in [0.05, 0.1) is 21.4 Å². The van der Waals surface area contributed by atoms with Gasteiger partial charge in [-0.3, -0.25) is 4.79 Å².